The van der Waals surface area contributed by atoms with E-state index in [4.69, 9.17) is 4.42 Å². The summed E-state index contributed by atoms with van der Waals surface area (Å²) in [5.74, 6) is 0.342. The fraction of sp³-hybridized carbons (Fsp3) is 0.312. The van der Waals surface area contributed by atoms with Gasteiger partial charge in [-0.2, -0.15) is 0 Å². The van der Waals surface area contributed by atoms with Crippen LogP contribution in [-0.2, 0) is 11.3 Å². The number of nitrogens with one attached hydrogen (secondary N) is 1. The highest BCUT2D eigenvalue weighted by atomic mass is 16.5. The van der Waals surface area contributed by atoms with Crippen molar-refractivity contribution >= 4 is 5.97 Å². The predicted octanol–water partition coefficient (Wildman–Crippen LogP) is 3.31. The lowest BCUT2D eigenvalue weighted by Gasteiger charge is -2.16. The van der Waals surface area contributed by atoms with E-state index < -0.39 is 0 Å². The van der Waals surface area contributed by atoms with Crippen LogP contribution in [0.3, 0.4) is 0 Å². The monoisotopic (exact) mass is 273 g/mol. The Morgan fingerprint density at radius 3 is 2.75 bits per heavy atom. The second kappa shape index (κ2) is 6.91. The first-order valence-electron chi connectivity index (χ1n) is 6.68. The molecular formula is C16H19NO3. The fourth-order valence-corrected chi connectivity index (χ4v) is 2.11. The van der Waals surface area contributed by atoms with Gasteiger partial charge in [0.25, 0.3) is 0 Å². The molecule has 1 unspecified atom stereocenters. The van der Waals surface area contributed by atoms with Gasteiger partial charge in [-0.3, -0.25) is 0 Å². The molecule has 4 nitrogen and oxygen atoms in total. The molecule has 0 spiro atoms. The smallest absolute Gasteiger partial charge is 0.341 e. The third-order valence-corrected chi connectivity index (χ3v) is 3.21. The Morgan fingerprint density at radius 2 is 2.10 bits per heavy atom. The maximum atomic E-state index is 11.3. The van der Waals surface area contributed by atoms with Crippen LogP contribution >= 0.6 is 0 Å². The zero-order chi connectivity index (χ0) is 14.4. The molecule has 0 aliphatic rings. The van der Waals surface area contributed by atoms with Crippen molar-refractivity contribution in [2.75, 3.05) is 7.11 Å². The summed E-state index contributed by atoms with van der Waals surface area (Å²) in [6.07, 6.45) is 2.40. The summed E-state index contributed by atoms with van der Waals surface area (Å²) in [6, 6.07) is 12.2. The molecular weight excluding hydrogens is 254 g/mol. The molecule has 2 aromatic rings. The van der Waals surface area contributed by atoms with Crippen LogP contribution in [0.1, 0.15) is 41.1 Å². The Kier molecular flexibility index (Phi) is 4.96. The summed E-state index contributed by atoms with van der Waals surface area (Å²) in [6.45, 7) is 2.71. The van der Waals surface area contributed by atoms with Crippen LogP contribution in [0, 0.1) is 0 Å². The molecule has 0 aliphatic carbocycles. The molecule has 1 aromatic heterocycles. The molecule has 2 rings (SSSR count). The maximum absolute atomic E-state index is 11.3. The highest BCUT2D eigenvalue weighted by molar-refractivity contribution is 5.88. The van der Waals surface area contributed by atoms with Crippen molar-refractivity contribution in [2.45, 2.75) is 25.9 Å². The lowest BCUT2D eigenvalue weighted by molar-refractivity contribution is 0.0600. The Morgan fingerprint density at radius 1 is 1.35 bits per heavy atom. The van der Waals surface area contributed by atoms with Crippen LogP contribution in [0.25, 0.3) is 0 Å². The van der Waals surface area contributed by atoms with Gasteiger partial charge in [-0.15, -0.1) is 0 Å². The lowest BCUT2D eigenvalue weighted by Crippen LogP contribution is -2.19. The van der Waals surface area contributed by atoms with E-state index in [9.17, 15) is 4.79 Å². The van der Waals surface area contributed by atoms with Gasteiger partial charge in [-0.1, -0.05) is 37.3 Å². The highest BCUT2D eigenvalue weighted by Crippen LogP contribution is 2.17. The van der Waals surface area contributed by atoms with E-state index in [1.54, 1.807) is 6.07 Å². The standard InChI is InChI=1S/C16H19NO3/c1-3-15(12-7-5-4-6-8-12)17-10-14-9-13(11-20-14)16(18)19-2/h4-9,11,15,17H,3,10H2,1-2H3. The van der Waals surface area contributed by atoms with E-state index in [1.807, 2.05) is 18.2 Å². The fourth-order valence-electron chi connectivity index (χ4n) is 2.11. The molecule has 0 bridgehead atoms. The zero-order valence-electron chi connectivity index (χ0n) is 11.8. The second-order valence-corrected chi connectivity index (χ2v) is 4.55. The average molecular weight is 273 g/mol. The Labute approximate surface area is 118 Å². The van der Waals surface area contributed by atoms with Crippen LogP contribution < -0.4 is 5.32 Å². The summed E-state index contributed by atoms with van der Waals surface area (Å²) in [7, 11) is 1.36. The molecule has 0 saturated heterocycles. The molecule has 20 heavy (non-hydrogen) atoms. The van der Waals surface area contributed by atoms with Gasteiger partial charge in [0, 0.05) is 6.04 Å². The number of hydrogen-bond acceptors (Lipinski definition) is 4. The molecule has 4 heteroatoms. The number of ether oxygens (including phenoxy) is 1. The van der Waals surface area contributed by atoms with E-state index >= 15 is 0 Å². The van der Waals surface area contributed by atoms with Gasteiger partial charge >= 0.3 is 5.97 Å². The lowest BCUT2D eigenvalue weighted by atomic mass is 10.0. The van der Waals surface area contributed by atoms with Crippen LogP contribution in [0.2, 0.25) is 0 Å². The van der Waals surface area contributed by atoms with E-state index in [0.29, 0.717) is 12.1 Å². The molecule has 1 heterocycles. The number of benzene rings is 1. The summed E-state index contributed by atoms with van der Waals surface area (Å²) in [5, 5.41) is 3.43. The van der Waals surface area contributed by atoms with Gasteiger partial charge in [-0.25, -0.2) is 4.79 Å². The molecule has 0 radical (unpaired) electrons. The van der Waals surface area contributed by atoms with Crippen LogP contribution in [0.4, 0.5) is 0 Å². The normalized spacial score (nSPS) is 12.1. The third kappa shape index (κ3) is 3.48. The van der Waals surface area contributed by atoms with Crippen molar-refractivity contribution in [3.05, 3.63) is 59.5 Å². The number of rotatable bonds is 6. The Bertz CT molecular complexity index is 548. The number of esters is 1. The summed E-state index contributed by atoms with van der Waals surface area (Å²) in [4.78, 5) is 11.3. The van der Waals surface area contributed by atoms with E-state index in [1.165, 1.54) is 18.9 Å². The highest BCUT2D eigenvalue weighted by Gasteiger charge is 2.12. The minimum absolute atomic E-state index is 0.267. The minimum Gasteiger partial charge on any atom is -0.467 e. The van der Waals surface area contributed by atoms with Crippen molar-refractivity contribution < 1.29 is 13.9 Å². The molecule has 1 atom stereocenters. The van der Waals surface area contributed by atoms with Crippen molar-refractivity contribution in [1.29, 1.82) is 0 Å². The van der Waals surface area contributed by atoms with Gasteiger partial charge in [0.1, 0.15) is 12.0 Å². The third-order valence-electron chi connectivity index (χ3n) is 3.21. The molecule has 0 saturated carbocycles. The predicted molar refractivity (Wildman–Crippen MR) is 76.4 cm³/mol. The quantitative estimate of drug-likeness (QED) is 0.820. The number of methoxy groups -OCH3 is 1. The van der Waals surface area contributed by atoms with E-state index in [0.717, 1.165) is 12.2 Å². The number of carbonyl (C=O) groups excluding carboxylic acids is 1. The Hall–Kier alpha value is -2.07. The van der Waals surface area contributed by atoms with Crippen molar-refractivity contribution in [1.82, 2.24) is 5.32 Å². The number of carbonyl (C=O) groups is 1. The van der Waals surface area contributed by atoms with Gasteiger partial charge in [0.2, 0.25) is 0 Å². The Balaban J connectivity index is 1.97. The average Bonchev–Trinajstić information content (AvgIpc) is 2.97. The largest absolute Gasteiger partial charge is 0.467 e. The topological polar surface area (TPSA) is 51.5 Å². The van der Waals surface area contributed by atoms with Crippen LogP contribution in [0.5, 0.6) is 0 Å². The van der Waals surface area contributed by atoms with Crippen molar-refractivity contribution in [3.8, 4) is 0 Å². The molecule has 106 valence electrons. The zero-order valence-corrected chi connectivity index (χ0v) is 11.8. The maximum Gasteiger partial charge on any atom is 0.341 e. The molecule has 0 aliphatic heterocycles. The first kappa shape index (κ1) is 14.3. The first-order valence-corrected chi connectivity index (χ1v) is 6.68. The van der Waals surface area contributed by atoms with Gasteiger partial charge in [0.15, 0.2) is 0 Å². The van der Waals surface area contributed by atoms with Gasteiger partial charge in [0.05, 0.1) is 19.2 Å². The summed E-state index contributed by atoms with van der Waals surface area (Å²) < 4.78 is 10.0. The number of furan rings is 1. The van der Waals surface area contributed by atoms with Gasteiger partial charge in [-0.05, 0) is 18.1 Å². The van der Waals surface area contributed by atoms with E-state index in [-0.39, 0.29) is 12.0 Å². The minimum atomic E-state index is -0.380. The molecule has 0 fully saturated rings. The van der Waals surface area contributed by atoms with Crippen LogP contribution in [0.15, 0.2) is 47.1 Å². The van der Waals surface area contributed by atoms with Crippen LogP contribution in [-0.4, -0.2) is 13.1 Å². The van der Waals surface area contributed by atoms with E-state index in [2.05, 4.69) is 29.1 Å². The number of hydrogen-bond donors (Lipinski definition) is 1. The molecule has 1 N–H and O–H groups in total. The SMILES string of the molecule is CCC(NCc1cc(C(=O)OC)co1)c1ccccc1. The van der Waals surface area contributed by atoms with Crippen molar-refractivity contribution in [3.63, 3.8) is 0 Å². The molecule has 0 amide bonds. The summed E-state index contributed by atoms with van der Waals surface area (Å²) in [5.41, 5.74) is 1.69. The van der Waals surface area contributed by atoms with Crippen molar-refractivity contribution in [2.24, 2.45) is 0 Å². The first-order chi connectivity index (χ1) is 9.74. The second-order valence-electron chi connectivity index (χ2n) is 4.55. The summed E-state index contributed by atoms with van der Waals surface area (Å²) >= 11 is 0. The molecule has 1 aromatic carbocycles. The van der Waals surface area contributed by atoms with Gasteiger partial charge < -0.3 is 14.5 Å².